The zero-order chi connectivity index (χ0) is 25.3. The van der Waals surface area contributed by atoms with E-state index in [0.717, 1.165) is 9.87 Å². The second-order valence-electron chi connectivity index (χ2n) is 7.34. The van der Waals surface area contributed by atoms with Crippen molar-refractivity contribution in [2.45, 2.75) is 11.4 Å². The lowest BCUT2D eigenvalue weighted by atomic mass is 10.2. The Morgan fingerprint density at radius 3 is 2.20 bits per heavy atom. The molecule has 1 amide bonds. The predicted molar refractivity (Wildman–Crippen MR) is 132 cm³/mol. The van der Waals surface area contributed by atoms with Gasteiger partial charge in [0.25, 0.3) is 5.91 Å². The molecule has 3 aromatic rings. The lowest BCUT2D eigenvalue weighted by molar-refractivity contribution is -0.121. The Balaban J connectivity index is 1.79. The normalized spacial score (nSPS) is 11.4. The number of sulfonamides is 1. The van der Waals surface area contributed by atoms with Crippen LogP contribution in [0.25, 0.3) is 0 Å². The fraction of sp³-hybridized carbons (Fsp3) is 0.200. The van der Waals surface area contributed by atoms with Crippen LogP contribution < -0.4 is 19.6 Å². The van der Waals surface area contributed by atoms with Crippen molar-refractivity contribution < 1.29 is 27.4 Å². The number of methoxy groups -OCH3 is 3. The molecule has 0 aromatic heterocycles. The van der Waals surface area contributed by atoms with Crippen molar-refractivity contribution >= 4 is 22.1 Å². The number of benzene rings is 3. The van der Waals surface area contributed by atoms with Gasteiger partial charge in [-0.15, -0.1) is 0 Å². The summed E-state index contributed by atoms with van der Waals surface area (Å²) in [6.45, 7) is -0.425. The van der Waals surface area contributed by atoms with Crippen LogP contribution in [0.4, 0.5) is 0 Å². The number of rotatable bonds is 11. The van der Waals surface area contributed by atoms with Crippen LogP contribution in [0.2, 0.25) is 0 Å². The maximum absolute atomic E-state index is 13.4. The first-order chi connectivity index (χ1) is 16.9. The molecule has 0 saturated carbocycles. The SMILES string of the molecule is COc1ccc(S(=O)(=O)N(CC(=O)N/N=C\c2cc(OC)ccc2OC)Cc2ccccc2)cc1. The van der Waals surface area contributed by atoms with E-state index in [1.807, 2.05) is 6.07 Å². The summed E-state index contributed by atoms with van der Waals surface area (Å²) in [6.07, 6.45) is 1.40. The van der Waals surface area contributed by atoms with Crippen LogP contribution in [0.15, 0.2) is 82.8 Å². The van der Waals surface area contributed by atoms with Crippen LogP contribution >= 0.6 is 0 Å². The van der Waals surface area contributed by atoms with Gasteiger partial charge in [-0.1, -0.05) is 30.3 Å². The minimum Gasteiger partial charge on any atom is -0.497 e. The molecule has 0 aliphatic heterocycles. The Kier molecular flexibility index (Phi) is 8.82. The van der Waals surface area contributed by atoms with Gasteiger partial charge in [0.2, 0.25) is 10.0 Å². The Labute approximate surface area is 205 Å². The van der Waals surface area contributed by atoms with E-state index in [1.165, 1.54) is 39.7 Å². The standard InChI is InChI=1S/C25H27N3O6S/c1-32-21-9-12-23(13-10-21)35(30,31)28(17-19-7-5-4-6-8-19)18-25(29)27-26-16-20-15-22(33-2)11-14-24(20)34-3/h4-16H,17-18H2,1-3H3,(H,27,29)/b26-16-. The molecule has 0 unspecified atom stereocenters. The molecule has 184 valence electrons. The molecule has 0 spiro atoms. The second kappa shape index (κ2) is 12.0. The Bertz CT molecular complexity index is 1260. The minimum atomic E-state index is -3.99. The molecule has 0 saturated heterocycles. The first-order valence-corrected chi connectivity index (χ1v) is 12.0. The zero-order valence-electron chi connectivity index (χ0n) is 19.7. The molecule has 0 fully saturated rings. The molecule has 0 aliphatic carbocycles. The summed E-state index contributed by atoms with van der Waals surface area (Å²) in [6, 6.07) is 20.2. The van der Waals surface area contributed by atoms with E-state index >= 15 is 0 Å². The van der Waals surface area contributed by atoms with Gasteiger partial charge in [-0.3, -0.25) is 4.79 Å². The summed E-state index contributed by atoms with van der Waals surface area (Å²) in [5.41, 5.74) is 3.71. The van der Waals surface area contributed by atoms with E-state index in [0.29, 0.717) is 22.8 Å². The van der Waals surface area contributed by atoms with Crippen molar-refractivity contribution in [1.29, 1.82) is 0 Å². The maximum atomic E-state index is 13.4. The molecule has 35 heavy (non-hydrogen) atoms. The van der Waals surface area contributed by atoms with Gasteiger partial charge < -0.3 is 14.2 Å². The van der Waals surface area contributed by atoms with Crippen molar-refractivity contribution in [3.05, 3.63) is 83.9 Å². The van der Waals surface area contributed by atoms with Crippen LogP contribution in [0.3, 0.4) is 0 Å². The minimum absolute atomic E-state index is 0.00996. The molecule has 0 aliphatic rings. The van der Waals surface area contributed by atoms with Gasteiger partial charge in [0, 0.05) is 12.1 Å². The van der Waals surface area contributed by atoms with E-state index in [9.17, 15) is 13.2 Å². The number of carbonyl (C=O) groups is 1. The molecule has 0 atom stereocenters. The van der Waals surface area contributed by atoms with Crippen LogP contribution in [0.1, 0.15) is 11.1 Å². The van der Waals surface area contributed by atoms with E-state index in [-0.39, 0.29) is 11.4 Å². The summed E-state index contributed by atoms with van der Waals surface area (Å²) in [5.74, 6) is 1.06. The topological polar surface area (TPSA) is 107 Å². The Morgan fingerprint density at radius 2 is 1.57 bits per heavy atom. The third-order valence-corrected chi connectivity index (χ3v) is 6.85. The highest BCUT2D eigenvalue weighted by Gasteiger charge is 2.27. The second-order valence-corrected chi connectivity index (χ2v) is 9.27. The van der Waals surface area contributed by atoms with E-state index < -0.39 is 22.5 Å². The monoisotopic (exact) mass is 497 g/mol. The summed E-state index contributed by atoms with van der Waals surface area (Å²) in [7, 11) is 0.563. The Morgan fingerprint density at radius 1 is 0.914 bits per heavy atom. The average molecular weight is 498 g/mol. The van der Waals surface area contributed by atoms with Crippen LogP contribution in [-0.4, -0.2) is 52.7 Å². The number of hydrogen-bond acceptors (Lipinski definition) is 7. The average Bonchev–Trinajstić information content (AvgIpc) is 2.88. The van der Waals surface area contributed by atoms with E-state index in [2.05, 4.69) is 10.5 Å². The highest BCUT2D eigenvalue weighted by Crippen LogP contribution is 2.23. The predicted octanol–water partition coefficient (Wildman–Crippen LogP) is 3.05. The van der Waals surface area contributed by atoms with Crippen LogP contribution in [0, 0.1) is 0 Å². The first-order valence-electron chi connectivity index (χ1n) is 10.6. The van der Waals surface area contributed by atoms with E-state index in [4.69, 9.17) is 14.2 Å². The van der Waals surface area contributed by atoms with E-state index in [1.54, 1.807) is 54.6 Å². The molecule has 3 aromatic carbocycles. The summed E-state index contributed by atoms with van der Waals surface area (Å²) in [4.78, 5) is 12.7. The van der Waals surface area contributed by atoms with Gasteiger partial charge in [-0.2, -0.15) is 9.41 Å². The molecule has 0 heterocycles. The first kappa shape index (κ1) is 25.7. The number of nitrogens with zero attached hydrogens (tertiary/aromatic N) is 2. The third-order valence-electron chi connectivity index (χ3n) is 5.05. The maximum Gasteiger partial charge on any atom is 0.255 e. The fourth-order valence-corrected chi connectivity index (χ4v) is 4.60. The van der Waals surface area contributed by atoms with Gasteiger partial charge in [0.15, 0.2) is 0 Å². The highest BCUT2D eigenvalue weighted by atomic mass is 32.2. The van der Waals surface area contributed by atoms with Crippen LogP contribution in [0.5, 0.6) is 17.2 Å². The van der Waals surface area contributed by atoms with Crippen molar-refractivity contribution in [1.82, 2.24) is 9.73 Å². The molecule has 0 radical (unpaired) electrons. The number of amides is 1. The van der Waals surface area contributed by atoms with Gasteiger partial charge >= 0.3 is 0 Å². The van der Waals surface area contributed by atoms with Gasteiger partial charge in [0.1, 0.15) is 17.2 Å². The zero-order valence-corrected chi connectivity index (χ0v) is 20.5. The quantitative estimate of drug-likeness (QED) is 0.322. The van der Waals surface area contributed by atoms with Gasteiger partial charge in [0.05, 0.1) is 39.0 Å². The van der Waals surface area contributed by atoms with Crippen molar-refractivity contribution in [3.63, 3.8) is 0 Å². The smallest absolute Gasteiger partial charge is 0.255 e. The number of nitrogens with one attached hydrogen (secondary N) is 1. The number of hydrazone groups is 1. The lowest BCUT2D eigenvalue weighted by Gasteiger charge is -2.21. The van der Waals surface area contributed by atoms with Crippen molar-refractivity contribution in [3.8, 4) is 17.2 Å². The number of carbonyl (C=O) groups excluding carboxylic acids is 1. The molecule has 0 bridgehead atoms. The van der Waals surface area contributed by atoms with Gasteiger partial charge in [-0.05, 0) is 48.0 Å². The fourth-order valence-electron chi connectivity index (χ4n) is 3.22. The number of ether oxygens (including phenoxy) is 3. The summed E-state index contributed by atoms with van der Waals surface area (Å²) < 4.78 is 43.4. The summed E-state index contributed by atoms with van der Waals surface area (Å²) in [5, 5.41) is 3.97. The van der Waals surface area contributed by atoms with Gasteiger partial charge in [-0.25, -0.2) is 13.8 Å². The van der Waals surface area contributed by atoms with Crippen molar-refractivity contribution in [2.75, 3.05) is 27.9 Å². The molecule has 3 rings (SSSR count). The molecular weight excluding hydrogens is 470 g/mol. The molecule has 1 N–H and O–H groups in total. The molecule has 9 nitrogen and oxygen atoms in total. The number of hydrogen-bond donors (Lipinski definition) is 1. The lowest BCUT2D eigenvalue weighted by Crippen LogP contribution is -2.39. The molecular formula is C25H27N3O6S. The highest BCUT2D eigenvalue weighted by molar-refractivity contribution is 7.89. The Hall–Kier alpha value is -3.89. The third kappa shape index (κ3) is 6.81. The largest absolute Gasteiger partial charge is 0.497 e. The summed E-state index contributed by atoms with van der Waals surface area (Å²) >= 11 is 0. The van der Waals surface area contributed by atoms with Crippen LogP contribution in [-0.2, 0) is 21.4 Å². The van der Waals surface area contributed by atoms with Crippen molar-refractivity contribution in [2.24, 2.45) is 5.10 Å². The molecule has 10 heteroatoms.